The van der Waals surface area contributed by atoms with Gasteiger partial charge in [-0.3, -0.25) is 9.78 Å². The van der Waals surface area contributed by atoms with Crippen LogP contribution in [0.2, 0.25) is 0 Å². The predicted molar refractivity (Wildman–Crippen MR) is 59.4 cm³/mol. The van der Waals surface area contributed by atoms with Crippen molar-refractivity contribution in [3.63, 3.8) is 0 Å². The molecule has 0 spiro atoms. The molecular formula is C12H6F6N2O. The van der Waals surface area contributed by atoms with Crippen LogP contribution in [0.5, 0.6) is 0 Å². The number of aromatic nitrogens is 2. The molecule has 2 aromatic rings. The number of ketones is 1. The van der Waals surface area contributed by atoms with E-state index in [9.17, 15) is 31.1 Å². The third kappa shape index (κ3) is 3.23. The number of aromatic amines is 1. The summed E-state index contributed by atoms with van der Waals surface area (Å²) in [5, 5.41) is 0. The summed E-state index contributed by atoms with van der Waals surface area (Å²) in [5.74, 6) is -2.06. The van der Waals surface area contributed by atoms with Crippen molar-refractivity contribution < 1.29 is 31.1 Å². The van der Waals surface area contributed by atoms with Gasteiger partial charge in [0.05, 0.1) is 5.69 Å². The van der Waals surface area contributed by atoms with Crippen LogP contribution in [-0.2, 0) is 6.18 Å². The van der Waals surface area contributed by atoms with Gasteiger partial charge in [-0.1, -0.05) is 0 Å². The fourth-order valence-electron chi connectivity index (χ4n) is 1.57. The summed E-state index contributed by atoms with van der Waals surface area (Å²) in [6.07, 6.45) is -8.78. The number of nitrogens with one attached hydrogen (secondary N) is 1. The Bertz CT molecular complexity index is 654. The quantitative estimate of drug-likeness (QED) is 0.677. The van der Waals surface area contributed by atoms with Crippen LogP contribution < -0.4 is 0 Å². The van der Waals surface area contributed by atoms with Crippen molar-refractivity contribution in [1.82, 2.24) is 9.97 Å². The van der Waals surface area contributed by atoms with E-state index in [1.54, 1.807) is 0 Å². The number of nitrogens with zero attached hydrogens (tertiary/aromatic N) is 1. The van der Waals surface area contributed by atoms with Gasteiger partial charge < -0.3 is 4.98 Å². The van der Waals surface area contributed by atoms with Crippen LogP contribution in [0.15, 0.2) is 30.5 Å². The van der Waals surface area contributed by atoms with Gasteiger partial charge in [0.15, 0.2) is 0 Å². The number of rotatable bonds is 2. The van der Waals surface area contributed by atoms with E-state index in [0.717, 1.165) is 24.4 Å². The maximum atomic E-state index is 12.3. The van der Waals surface area contributed by atoms with Crippen molar-refractivity contribution in [3.8, 4) is 11.3 Å². The van der Waals surface area contributed by atoms with Crippen molar-refractivity contribution in [2.24, 2.45) is 0 Å². The third-order valence-corrected chi connectivity index (χ3v) is 2.55. The summed E-state index contributed by atoms with van der Waals surface area (Å²) >= 11 is 0. The summed E-state index contributed by atoms with van der Waals surface area (Å²) in [6.45, 7) is 0. The highest BCUT2D eigenvalue weighted by atomic mass is 19.4. The number of carbonyl (C=O) groups is 1. The van der Waals surface area contributed by atoms with E-state index in [0.29, 0.717) is 6.07 Å². The molecule has 0 saturated carbocycles. The molecule has 2 rings (SSSR count). The molecule has 0 radical (unpaired) electrons. The molecule has 0 aliphatic rings. The van der Waals surface area contributed by atoms with E-state index < -0.39 is 29.5 Å². The lowest BCUT2D eigenvalue weighted by molar-refractivity contribution is -0.141. The first-order valence-electron chi connectivity index (χ1n) is 5.43. The second-order valence-corrected chi connectivity index (χ2v) is 4.04. The van der Waals surface area contributed by atoms with Crippen molar-refractivity contribution >= 4 is 5.78 Å². The first-order valence-corrected chi connectivity index (χ1v) is 5.43. The fourth-order valence-corrected chi connectivity index (χ4v) is 1.57. The second kappa shape index (κ2) is 4.90. The lowest BCUT2D eigenvalue weighted by Gasteiger charge is -2.06. The van der Waals surface area contributed by atoms with Crippen molar-refractivity contribution in [3.05, 3.63) is 41.9 Å². The highest BCUT2D eigenvalue weighted by Crippen LogP contribution is 2.29. The number of hydrogen-bond donors (Lipinski definition) is 1. The molecule has 2 aromatic heterocycles. The Kier molecular flexibility index (Phi) is 3.52. The number of hydrogen-bond acceptors (Lipinski definition) is 2. The lowest BCUT2D eigenvalue weighted by atomic mass is 10.2. The van der Waals surface area contributed by atoms with Crippen LogP contribution in [-0.4, -0.2) is 21.9 Å². The highest BCUT2D eigenvalue weighted by molar-refractivity contribution is 5.99. The van der Waals surface area contributed by atoms with Crippen LogP contribution in [0.1, 0.15) is 16.2 Å². The SMILES string of the molecule is O=C(c1ccc(-c2ccc(C(F)(F)F)nc2)[nH]1)C(F)(F)F. The molecule has 21 heavy (non-hydrogen) atoms. The number of halogens is 6. The Hall–Kier alpha value is -2.32. The van der Waals surface area contributed by atoms with Gasteiger partial charge in [0.2, 0.25) is 0 Å². The molecule has 9 heteroatoms. The number of H-pyrrole nitrogens is 1. The molecule has 1 N–H and O–H groups in total. The predicted octanol–water partition coefficient (Wildman–Crippen LogP) is 3.84. The zero-order chi connectivity index (χ0) is 15.8. The standard InChI is InChI=1S/C12H6F6N2O/c13-11(14,15)9-4-1-6(5-19-9)7-2-3-8(20-7)10(21)12(16,17)18/h1-5,20H. The Balaban J connectivity index is 2.28. The lowest BCUT2D eigenvalue weighted by Crippen LogP contribution is -2.22. The average molecular weight is 308 g/mol. The first-order chi connectivity index (χ1) is 9.59. The van der Waals surface area contributed by atoms with E-state index >= 15 is 0 Å². The average Bonchev–Trinajstić information content (AvgIpc) is 2.85. The second-order valence-electron chi connectivity index (χ2n) is 4.04. The Morgan fingerprint density at radius 3 is 2.14 bits per heavy atom. The van der Waals surface area contributed by atoms with E-state index in [1.807, 2.05) is 0 Å². The monoisotopic (exact) mass is 308 g/mol. The molecule has 3 nitrogen and oxygen atoms in total. The summed E-state index contributed by atoms with van der Waals surface area (Å²) in [4.78, 5) is 16.4. The van der Waals surface area contributed by atoms with Crippen LogP contribution in [0, 0.1) is 0 Å². The van der Waals surface area contributed by atoms with Gasteiger partial charge >= 0.3 is 12.4 Å². The van der Waals surface area contributed by atoms with E-state index in [2.05, 4.69) is 9.97 Å². The maximum absolute atomic E-state index is 12.3. The molecule has 0 aliphatic heterocycles. The molecule has 0 atom stereocenters. The molecule has 0 amide bonds. The number of Topliss-reactive ketones (excluding diaryl/α,β-unsaturated/α-hetero) is 1. The molecule has 0 aliphatic carbocycles. The zero-order valence-electron chi connectivity index (χ0n) is 10.0. The largest absolute Gasteiger partial charge is 0.456 e. The fraction of sp³-hybridized carbons (Fsp3) is 0.167. The van der Waals surface area contributed by atoms with Gasteiger partial charge in [-0.15, -0.1) is 0 Å². The minimum atomic E-state index is -5.03. The summed E-state index contributed by atoms with van der Waals surface area (Å²) in [6, 6.07) is 3.80. The molecule has 0 bridgehead atoms. The minimum Gasteiger partial charge on any atom is -0.352 e. The minimum absolute atomic E-state index is 0.0591. The van der Waals surface area contributed by atoms with Crippen molar-refractivity contribution in [1.29, 1.82) is 0 Å². The van der Waals surface area contributed by atoms with Crippen LogP contribution >= 0.6 is 0 Å². The van der Waals surface area contributed by atoms with Gasteiger partial charge in [-0.05, 0) is 24.3 Å². The topological polar surface area (TPSA) is 45.8 Å². The van der Waals surface area contributed by atoms with Crippen molar-refractivity contribution in [2.45, 2.75) is 12.4 Å². The summed E-state index contributed by atoms with van der Waals surface area (Å²) < 4.78 is 73.6. The Morgan fingerprint density at radius 2 is 1.67 bits per heavy atom. The molecule has 0 aromatic carbocycles. The number of alkyl halides is 6. The van der Waals surface area contributed by atoms with Gasteiger partial charge in [-0.2, -0.15) is 26.3 Å². The Labute approximate surface area is 113 Å². The zero-order valence-corrected chi connectivity index (χ0v) is 10.0. The molecule has 0 fully saturated rings. The third-order valence-electron chi connectivity index (χ3n) is 2.55. The molecule has 112 valence electrons. The smallest absolute Gasteiger partial charge is 0.352 e. The maximum Gasteiger partial charge on any atom is 0.456 e. The molecule has 0 unspecified atom stereocenters. The van der Waals surface area contributed by atoms with E-state index in [1.165, 1.54) is 0 Å². The van der Waals surface area contributed by atoms with Crippen LogP contribution in [0.3, 0.4) is 0 Å². The van der Waals surface area contributed by atoms with Gasteiger partial charge in [-0.25, -0.2) is 0 Å². The van der Waals surface area contributed by atoms with E-state index in [-0.39, 0.29) is 11.3 Å². The van der Waals surface area contributed by atoms with Crippen LogP contribution in [0.4, 0.5) is 26.3 Å². The summed E-state index contributed by atoms with van der Waals surface area (Å²) in [7, 11) is 0. The Morgan fingerprint density at radius 1 is 1.00 bits per heavy atom. The molecule has 2 heterocycles. The van der Waals surface area contributed by atoms with Crippen molar-refractivity contribution in [2.75, 3.05) is 0 Å². The van der Waals surface area contributed by atoms with Gasteiger partial charge in [0.25, 0.3) is 5.78 Å². The van der Waals surface area contributed by atoms with Crippen LogP contribution in [0.25, 0.3) is 11.3 Å². The van der Waals surface area contributed by atoms with Gasteiger partial charge in [0, 0.05) is 17.5 Å². The molecule has 0 saturated heterocycles. The van der Waals surface area contributed by atoms with E-state index in [4.69, 9.17) is 0 Å². The highest BCUT2D eigenvalue weighted by Gasteiger charge is 2.40. The van der Waals surface area contributed by atoms with Gasteiger partial charge in [0.1, 0.15) is 5.69 Å². The molecular weight excluding hydrogens is 302 g/mol. The summed E-state index contributed by atoms with van der Waals surface area (Å²) in [5.41, 5.74) is -1.63. The number of pyridine rings is 1. The normalized spacial score (nSPS) is 12.5. The first kappa shape index (κ1) is 15.1. The number of carbonyl (C=O) groups excluding carboxylic acids is 1.